The van der Waals surface area contributed by atoms with Crippen LogP contribution in [0, 0.1) is 0 Å². The van der Waals surface area contributed by atoms with Gasteiger partial charge in [-0.25, -0.2) is 0 Å². The normalized spacial score (nSPS) is 10.7. The predicted molar refractivity (Wildman–Crippen MR) is 88.4 cm³/mol. The van der Waals surface area contributed by atoms with E-state index in [4.69, 9.17) is 4.42 Å². The summed E-state index contributed by atoms with van der Waals surface area (Å²) in [7, 11) is 0. The van der Waals surface area contributed by atoms with Crippen LogP contribution in [0.1, 0.15) is 12.8 Å². The van der Waals surface area contributed by atoms with Crippen LogP contribution in [0.3, 0.4) is 0 Å². The molecule has 0 aliphatic heterocycles. The summed E-state index contributed by atoms with van der Waals surface area (Å²) in [6.45, 7) is 1.44. The number of nitrogens with zero attached hydrogens (tertiary/aromatic N) is 4. The Morgan fingerprint density at radius 3 is 2.83 bits per heavy atom. The zero-order valence-corrected chi connectivity index (χ0v) is 13.9. The zero-order valence-electron chi connectivity index (χ0n) is 12.2. The maximum Gasteiger partial charge on any atom is 0.247 e. The van der Waals surface area contributed by atoms with Crippen molar-refractivity contribution in [1.29, 1.82) is 0 Å². The van der Waals surface area contributed by atoms with Gasteiger partial charge in [-0.3, -0.25) is 4.79 Å². The quantitative estimate of drug-likeness (QED) is 0.541. The molecule has 1 aromatic carbocycles. The summed E-state index contributed by atoms with van der Waals surface area (Å²) >= 11 is 2.87. The molecule has 23 heavy (non-hydrogen) atoms. The standard InChI is InChI=1S/C14H13N5O2S2/c1-9(20)15-13-18-19-14(23-13)22-8-7-11-16-17-12(21-11)10-5-3-2-4-6-10/h2-6H,7-8H2,1H3,(H,15,18,20). The summed E-state index contributed by atoms with van der Waals surface area (Å²) in [6.07, 6.45) is 0.638. The molecule has 3 aromatic rings. The van der Waals surface area contributed by atoms with Crippen molar-refractivity contribution in [3.63, 3.8) is 0 Å². The molecule has 118 valence electrons. The first-order valence-corrected chi connectivity index (χ1v) is 8.62. The maximum atomic E-state index is 10.9. The molecule has 0 aliphatic carbocycles. The fourth-order valence-electron chi connectivity index (χ4n) is 1.75. The number of carbonyl (C=O) groups is 1. The van der Waals surface area contributed by atoms with Crippen molar-refractivity contribution in [3.05, 3.63) is 36.2 Å². The summed E-state index contributed by atoms with van der Waals surface area (Å²) in [6, 6.07) is 9.65. The van der Waals surface area contributed by atoms with Gasteiger partial charge in [-0.2, -0.15) is 0 Å². The molecule has 3 rings (SSSR count). The average Bonchev–Trinajstić information content (AvgIpc) is 3.18. The van der Waals surface area contributed by atoms with Crippen LogP contribution in [-0.2, 0) is 11.2 Å². The average molecular weight is 347 g/mol. The van der Waals surface area contributed by atoms with Gasteiger partial charge < -0.3 is 9.73 Å². The number of aromatic nitrogens is 4. The highest BCUT2D eigenvalue weighted by Crippen LogP contribution is 2.26. The van der Waals surface area contributed by atoms with Crippen molar-refractivity contribution in [2.24, 2.45) is 0 Å². The second-order valence-electron chi connectivity index (χ2n) is 4.52. The third kappa shape index (κ3) is 4.36. The molecule has 0 atom stereocenters. The topological polar surface area (TPSA) is 93.8 Å². The lowest BCUT2D eigenvalue weighted by Gasteiger charge is -1.94. The Kier molecular flexibility index (Phi) is 4.99. The second-order valence-corrected chi connectivity index (χ2v) is 6.84. The number of anilines is 1. The summed E-state index contributed by atoms with van der Waals surface area (Å²) in [4.78, 5) is 10.9. The van der Waals surface area contributed by atoms with Crippen molar-refractivity contribution in [2.45, 2.75) is 17.7 Å². The predicted octanol–water partition coefficient (Wildman–Crippen LogP) is 2.88. The fourth-order valence-corrected chi connectivity index (χ4v) is 3.54. The number of aryl methyl sites for hydroxylation is 1. The van der Waals surface area contributed by atoms with Gasteiger partial charge in [0.15, 0.2) is 4.34 Å². The lowest BCUT2D eigenvalue weighted by molar-refractivity contribution is -0.114. The molecule has 2 aromatic heterocycles. The lowest BCUT2D eigenvalue weighted by atomic mass is 10.2. The van der Waals surface area contributed by atoms with Crippen molar-refractivity contribution in [2.75, 3.05) is 11.1 Å². The molecule has 7 nitrogen and oxygen atoms in total. The van der Waals surface area contributed by atoms with Crippen LogP contribution in [0.5, 0.6) is 0 Å². The first-order chi connectivity index (χ1) is 11.2. The molecule has 2 heterocycles. The molecule has 0 bridgehead atoms. The molecule has 0 radical (unpaired) electrons. The van der Waals surface area contributed by atoms with Crippen molar-refractivity contribution >= 4 is 34.1 Å². The van der Waals surface area contributed by atoms with E-state index < -0.39 is 0 Å². The highest BCUT2D eigenvalue weighted by Gasteiger charge is 2.10. The first-order valence-electron chi connectivity index (χ1n) is 6.82. The van der Waals surface area contributed by atoms with Gasteiger partial charge in [0.1, 0.15) is 0 Å². The molecule has 0 saturated carbocycles. The van der Waals surface area contributed by atoms with Crippen molar-refractivity contribution in [3.8, 4) is 11.5 Å². The molecule has 9 heteroatoms. The lowest BCUT2D eigenvalue weighted by Crippen LogP contribution is -2.04. The van der Waals surface area contributed by atoms with Crippen LogP contribution in [0.15, 0.2) is 39.1 Å². The minimum atomic E-state index is -0.156. The molecule has 1 N–H and O–H groups in total. The number of nitrogens with one attached hydrogen (secondary N) is 1. The molecule has 1 amide bonds. The Balaban J connectivity index is 1.52. The summed E-state index contributed by atoms with van der Waals surface area (Å²) in [5.41, 5.74) is 0.906. The number of carbonyl (C=O) groups excluding carboxylic acids is 1. The van der Waals surface area contributed by atoms with E-state index in [1.165, 1.54) is 30.0 Å². The summed E-state index contributed by atoms with van der Waals surface area (Å²) in [5, 5.41) is 19.1. The van der Waals surface area contributed by atoms with Gasteiger partial charge in [-0.05, 0) is 12.1 Å². The third-order valence-electron chi connectivity index (χ3n) is 2.72. The van der Waals surface area contributed by atoms with E-state index in [0.717, 1.165) is 15.7 Å². The van der Waals surface area contributed by atoms with E-state index in [2.05, 4.69) is 25.7 Å². The number of rotatable bonds is 6. The van der Waals surface area contributed by atoms with Gasteiger partial charge in [0.05, 0.1) is 0 Å². The zero-order chi connectivity index (χ0) is 16.1. The number of benzene rings is 1. The molecule has 0 spiro atoms. The second kappa shape index (κ2) is 7.34. The number of hydrogen-bond acceptors (Lipinski definition) is 8. The monoisotopic (exact) mass is 347 g/mol. The van der Waals surface area contributed by atoms with Crippen LogP contribution in [0.25, 0.3) is 11.5 Å². The van der Waals surface area contributed by atoms with Gasteiger partial charge in [-0.1, -0.05) is 41.3 Å². The maximum absolute atomic E-state index is 10.9. The highest BCUT2D eigenvalue weighted by molar-refractivity contribution is 8.01. The smallest absolute Gasteiger partial charge is 0.247 e. The molecule has 0 unspecified atom stereocenters. The van der Waals surface area contributed by atoms with Gasteiger partial charge >= 0.3 is 0 Å². The van der Waals surface area contributed by atoms with Crippen LogP contribution in [0.2, 0.25) is 0 Å². The summed E-state index contributed by atoms with van der Waals surface area (Å²) < 4.78 is 6.43. The van der Waals surface area contributed by atoms with E-state index in [9.17, 15) is 4.79 Å². The molecular formula is C14H13N5O2S2. The largest absolute Gasteiger partial charge is 0.421 e. The number of amides is 1. The molecular weight excluding hydrogens is 334 g/mol. The van der Waals surface area contributed by atoms with Crippen LogP contribution < -0.4 is 5.32 Å². The van der Waals surface area contributed by atoms with E-state index in [0.29, 0.717) is 23.3 Å². The van der Waals surface area contributed by atoms with Crippen LogP contribution in [-0.4, -0.2) is 32.1 Å². The van der Waals surface area contributed by atoms with Crippen molar-refractivity contribution < 1.29 is 9.21 Å². The third-order valence-corrected chi connectivity index (χ3v) is 4.69. The molecule has 0 saturated heterocycles. The minimum absolute atomic E-state index is 0.156. The Morgan fingerprint density at radius 2 is 2.04 bits per heavy atom. The number of hydrogen-bond donors (Lipinski definition) is 1. The molecule has 0 aliphatic rings. The van der Waals surface area contributed by atoms with E-state index in [1.807, 2.05) is 30.3 Å². The highest BCUT2D eigenvalue weighted by atomic mass is 32.2. The van der Waals surface area contributed by atoms with Gasteiger partial charge in [-0.15, -0.1) is 20.4 Å². The summed E-state index contributed by atoms with van der Waals surface area (Å²) in [5.74, 6) is 1.69. The minimum Gasteiger partial charge on any atom is -0.421 e. The van der Waals surface area contributed by atoms with Crippen LogP contribution >= 0.6 is 23.1 Å². The van der Waals surface area contributed by atoms with E-state index in [1.54, 1.807) is 0 Å². The Morgan fingerprint density at radius 1 is 1.22 bits per heavy atom. The van der Waals surface area contributed by atoms with Gasteiger partial charge in [0, 0.05) is 24.7 Å². The Hall–Kier alpha value is -2.26. The first kappa shape index (κ1) is 15.6. The SMILES string of the molecule is CC(=O)Nc1nnc(SCCc2nnc(-c3ccccc3)o2)s1. The Bertz CT molecular complexity index is 787. The van der Waals surface area contributed by atoms with E-state index >= 15 is 0 Å². The van der Waals surface area contributed by atoms with Crippen LogP contribution in [0.4, 0.5) is 5.13 Å². The Labute approximate surface area is 140 Å². The van der Waals surface area contributed by atoms with Crippen molar-refractivity contribution in [1.82, 2.24) is 20.4 Å². The van der Waals surface area contributed by atoms with E-state index in [-0.39, 0.29) is 5.91 Å². The fraction of sp³-hybridized carbons (Fsp3) is 0.214. The number of thioether (sulfide) groups is 1. The molecule has 0 fully saturated rings. The van der Waals surface area contributed by atoms with Gasteiger partial charge in [0.25, 0.3) is 0 Å². The van der Waals surface area contributed by atoms with Gasteiger partial charge in [0.2, 0.25) is 22.8 Å².